The van der Waals surface area contributed by atoms with Crippen LogP contribution in [0.15, 0.2) is 30.5 Å². The molecule has 0 radical (unpaired) electrons. The molecule has 4 nitrogen and oxygen atoms in total. The molecule has 18 heavy (non-hydrogen) atoms. The Kier molecular flexibility index (Phi) is 4.36. The molecule has 0 saturated carbocycles. The van der Waals surface area contributed by atoms with Crippen molar-refractivity contribution in [1.29, 1.82) is 0 Å². The van der Waals surface area contributed by atoms with Gasteiger partial charge in [-0.05, 0) is 18.1 Å². The van der Waals surface area contributed by atoms with Crippen molar-refractivity contribution in [3.63, 3.8) is 0 Å². The summed E-state index contributed by atoms with van der Waals surface area (Å²) in [4.78, 5) is 0. The van der Waals surface area contributed by atoms with Crippen LogP contribution in [0.4, 0.5) is 0 Å². The first-order valence-electron chi connectivity index (χ1n) is 6.18. The van der Waals surface area contributed by atoms with E-state index in [1.807, 2.05) is 12.1 Å². The Balaban J connectivity index is 2.34. The number of benzene rings is 1. The smallest absolute Gasteiger partial charge is 0.0641 e. The second-order valence-electron chi connectivity index (χ2n) is 4.50. The summed E-state index contributed by atoms with van der Waals surface area (Å²) in [7, 11) is 1.70. The molecule has 1 aromatic heterocycles. The molecule has 1 aromatic carbocycles. The zero-order chi connectivity index (χ0) is 13.0. The van der Waals surface area contributed by atoms with Crippen LogP contribution in [0.2, 0.25) is 0 Å². The molecule has 0 unspecified atom stereocenters. The van der Waals surface area contributed by atoms with Gasteiger partial charge in [-0.25, -0.2) is 0 Å². The minimum atomic E-state index is -0.202. The molecule has 0 fully saturated rings. The first kappa shape index (κ1) is 13.1. The van der Waals surface area contributed by atoms with Gasteiger partial charge in [0.1, 0.15) is 0 Å². The van der Waals surface area contributed by atoms with E-state index in [0.29, 0.717) is 13.0 Å². The summed E-state index contributed by atoms with van der Waals surface area (Å²) >= 11 is 0. The number of hydrogen-bond acceptors (Lipinski definition) is 3. The Hall–Kier alpha value is -1.36. The molecule has 1 atom stereocenters. The lowest BCUT2D eigenvalue weighted by molar-refractivity contribution is 0.188. The molecule has 0 amide bonds. The second-order valence-corrected chi connectivity index (χ2v) is 4.50. The topological polar surface area (TPSA) is 60.4 Å². The number of aliphatic hydroxyl groups is 1. The van der Waals surface area contributed by atoms with E-state index in [-0.39, 0.29) is 12.6 Å². The average Bonchev–Trinajstić information content (AvgIpc) is 2.75. The summed E-state index contributed by atoms with van der Waals surface area (Å²) in [6.45, 7) is 1.52. The highest BCUT2D eigenvalue weighted by Crippen LogP contribution is 2.22. The summed E-state index contributed by atoms with van der Waals surface area (Å²) in [5.41, 5.74) is 8.19. The van der Waals surface area contributed by atoms with Crippen LogP contribution >= 0.6 is 0 Å². The maximum Gasteiger partial charge on any atom is 0.0641 e. The molecule has 0 spiro atoms. The van der Waals surface area contributed by atoms with Crippen molar-refractivity contribution in [3.8, 4) is 0 Å². The lowest BCUT2D eigenvalue weighted by Crippen LogP contribution is -2.26. The van der Waals surface area contributed by atoms with Gasteiger partial charge in [-0.15, -0.1) is 0 Å². The van der Waals surface area contributed by atoms with Crippen LogP contribution in [0.25, 0.3) is 10.9 Å². The number of aliphatic hydroxyl groups excluding tert-OH is 1. The van der Waals surface area contributed by atoms with Crippen LogP contribution in [0.1, 0.15) is 5.56 Å². The van der Waals surface area contributed by atoms with E-state index >= 15 is 0 Å². The lowest BCUT2D eigenvalue weighted by Gasteiger charge is -2.06. The van der Waals surface area contributed by atoms with Gasteiger partial charge in [0.25, 0.3) is 0 Å². The fraction of sp³-hybridized carbons (Fsp3) is 0.429. The number of methoxy groups -OCH3 is 1. The molecule has 0 bridgehead atoms. The maximum absolute atomic E-state index is 9.06. The number of fused-ring (bicyclic) bond motifs is 1. The zero-order valence-corrected chi connectivity index (χ0v) is 10.7. The third kappa shape index (κ3) is 2.72. The van der Waals surface area contributed by atoms with Crippen molar-refractivity contribution in [2.75, 3.05) is 20.3 Å². The standard InChI is InChI=1S/C14H20N2O2/c1-18-7-6-16-9-11(8-12(15)10-17)13-4-2-3-5-14(13)16/h2-5,9,12,17H,6-8,10,15H2,1H3/t12-/m0/s1. The first-order chi connectivity index (χ1) is 8.76. The van der Waals surface area contributed by atoms with Gasteiger partial charge in [0, 0.05) is 36.8 Å². The van der Waals surface area contributed by atoms with Crippen molar-refractivity contribution >= 4 is 10.9 Å². The molecule has 4 heteroatoms. The highest BCUT2D eigenvalue weighted by Gasteiger charge is 2.10. The average molecular weight is 248 g/mol. The van der Waals surface area contributed by atoms with Crippen LogP contribution in [-0.2, 0) is 17.7 Å². The van der Waals surface area contributed by atoms with Crippen molar-refractivity contribution in [3.05, 3.63) is 36.0 Å². The minimum absolute atomic E-state index is 0.0115. The Morgan fingerprint density at radius 3 is 2.89 bits per heavy atom. The zero-order valence-electron chi connectivity index (χ0n) is 10.7. The number of para-hydroxylation sites is 1. The fourth-order valence-corrected chi connectivity index (χ4v) is 2.21. The van der Waals surface area contributed by atoms with Crippen molar-refractivity contribution in [2.24, 2.45) is 5.73 Å². The molecule has 2 aromatic rings. The number of nitrogens with two attached hydrogens (primary N) is 1. The van der Waals surface area contributed by atoms with E-state index in [0.717, 1.165) is 6.54 Å². The predicted molar refractivity (Wildman–Crippen MR) is 72.6 cm³/mol. The molecule has 0 aliphatic heterocycles. The van der Waals surface area contributed by atoms with Gasteiger partial charge in [-0.3, -0.25) is 0 Å². The van der Waals surface area contributed by atoms with E-state index in [4.69, 9.17) is 15.6 Å². The van der Waals surface area contributed by atoms with E-state index < -0.39 is 0 Å². The van der Waals surface area contributed by atoms with Gasteiger partial charge in [0.15, 0.2) is 0 Å². The van der Waals surface area contributed by atoms with Gasteiger partial charge < -0.3 is 20.1 Å². The lowest BCUT2D eigenvalue weighted by atomic mass is 10.1. The summed E-state index contributed by atoms with van der Waals surface area (Å²) < 4.78 is 7.30. The number of rotatable bonds is 6. The molecule has 3 N–H and O–H groups in total. The number of hydrogen-bond donors (Lipinski definition) is 2. The molecule has 2 rings (SSSR count). The van der Waals surface area contributed by atoms with Crippen LogP contribution in [-0.4, -0.2) is 36.0 Å². The van der Waals surface area contributed by atoms with Gasteiger partial charge >= 0.3 is 0 Å². The summed E-state index contributed by atoms with van der Waals surface area (Å²) in [5, 5.41) is 10.3. The monoisotopic (exact) mass is 248 g/mol. The quantitative estimate of drug-likeness (QED) is 0.806. The van der Waals surface area contributed by atoms with Crippen LogP contribution in [0.5, 0.6) is 0 Å². The fourth-order valence-electron chi connectivity index (χ4n) is 2.21. The summed E-state index contributed by atoms with van der Waals surface area (Å²) in [6, 6.07) is 8.04. The molecule has 0 aliphatic rings. The molecular weight excluding hydrogens is 228 g/mol. The molecule has 0 aliphatic carbocycles. The van der Waals surface area contributed by atoms with Gasteiger partial charge in [-0.1, -0.05) is 18.2 Å². The normalized spacial score (nSPS) is 13.1. The SMILES string of the molecule is COCCn1cc(C[C@H](N)CO)c2ccccc21. The van der Waals surface area contributed by atoms with E-state index in [1.54, 1.807) is 7.11 Å². The molecular formula is C14H20N2O2. The highest BCUT2D eigenvalue weighted by atomic mass is 16.5. The van der Waals surface area contributed by atoms with Gasteiger partial charge in [-0.2, -0.15) is 0 Å². The Morgan fingerprint density at radius 1 is 1.39 bits per heavy atom. The third-order valence-corrected chi connectivity index (χ3v) is 3.12. The van der Waals surface area contributed by atoms with Gasteiger partial charge in [0.05, 0.1) is 13.2 Å². The Morgan fingerprint density at radius 2 is 2.17 bits per heavy atom. The van der Waals surface area contributed by atoms with Gasteiger partial charge in [0.2, 0.25) is 0 Å². The minimum Gasteiger partial charge on any atom is -0.395 e. The summed E-state index contributed by atoms with van der Waals surface area (Å²) in [6.07, 6.45) is 2.80. The second kappa shape index (κ2) is 6.00. The van der Waals surface area contributed by atoms with Crippen LogP contribution in [0, 0.1) is 0 Å². The molecule has 0 saturated heterocycles. The van der Waals surface area contributed by atoms with E-state index in [1.165, 1.54) is 16.5 Å². The predicted octanol–water partition coefficient (Wildman–Crippen LogP) is 1.15. The molecule has 1 heterocycles. The number of nitrogens with zero attached hydrogens (tertiary/aromatic N) is 1. The number of ether oxygens (including phenoxy) is 1. The highest BCUT2D eigenvalue weighted by molar-refractivity contribution is 5.84. The van der Waals surface area contributed by atoms with Crippen molar-refractivity contribution in [2.45, 2.75) is 19.0 Å². The van der Waals surface area contributed by atoms with Crippen LogP contribution < -0.4 is 5.73 Å². The largest absolute Gasteiger partial charge is 0.395 e. The van der Waals surface area contributed by atoms with Crippen molar-refractivity contribution < 1.29 is 9.84 Å². The first-order valence-corrected chi connectivity index (χ1v) is 6.18. The Bertz CT molecular complexity index is 507. The summed E-state index contributed by atoms with van der Waals surface area (Å²) in [5.74, 6) is 0. The van der Waals surface area contributed by atoms with E-state index in [9.17, 15) is 0 Å². The van der Waals surface area contributed by atoms with E-state index in [2.05, 4.69) is 22.9 Å². The maximum atomic E-state index is 9.06. The molecule has 98 valence electrons. The Labute approximate surface area is 107 Å². The van der Waals surface area contributed by atoms with Crippen LogP contribution in [0.3, 0.4) is 0 Å². The third-order valence-electron chi connectivity index (χ3n) is 3.12. The number of aromatic nitrogens is 1. The van der Waals surface area contributed by atoms with Crippen molar-refractivity contribution in [1.82, 2.24) is 4.57 Å².